The van der Waals surface area contributed by atoms with Gasteiger partial charge in [0.2, 0.25) is 0 Å². The monoisotopic (exact) mass is 469 g/mol. The highest BCUT2D eigenvalue weighted by Gasteiger charge is 2.16. The van der Waals surface area contributed by atoms with E-state index >= 15 is 0 Å². The van der Waals surface area contributed by atoms with Crippen LogP contribution in [0.15, 0.2) is 79.3 Å². The predicted molar refractivity (Wildman–Crippen MR) is 136 cm³/mol. The maximum absolute atomic E-state index is 12.9. The molecule has 0 bridgehead atoms. The number of rotatable bonds is 8. The molecule has 0 aliphatic carbocycles. The molecule has 34 heavy (non-hydrogen) atoms. The van der Waals surface area contributed by atoms with Gasteiger partial charge >= 0.3 is 0 Å². The van der Waals surface area contributed by atoms with Gasteiger partial charge in [0.15, 0.2) is 0 Å². The molecule has 0 saturated heterocycles. The molecule has 7 heteroatoms. The van der Waals surface area contributed by atoms with Crippen LogP contribution in [0.25, 0.3) is 16.2 Å². The van der Waals surface area contributed by atoms with Crippen LogP contribution in [0.3, 0.4) is 0 Å². The van der Waals surface area contributed by atoms with E-state index in [4.69, 9.17) is 5.10 Å². The van der Waals surface area contributed by atoms with Crippen LogP contribution in [0.2, 0.25) is 0 Å². The van der Waals surface area contributed by atoms with Crippen molar-refractivity contribution >= 4 is 22.9 Å². The zero-order valence-electron chi connectivity index (χ0n) is 19.3. The van der Waals surface area contributed by atoms with Gasteiger partial charge in [0.1, 0.15) is 5.65 Å². The molecule has 5 rings (SSSR count). The average Bonchev–Trinajstić information content (AvgIpc) is 3.57. The van der Waals surface area contributed by atoms with Gasteiger partial charge in [-0.25, -0.2) is 4.98 Å². The summed E-state index contributed by atoms with van der Waals surface area (Å²) in [6.45, 7) is 5.56. The number of thiophene rings is 1. The van der Waals surface area contributed by atoms with Crippen molar-refractivity contribution in [3.05, 3.63) is 101 Å². The fourth-order valence-electron chi connectivity index (χ4n) is 3.99. The van der Waals surface area contributed by atoms with Crippen LogP contribution in [0, 0.1) is 5.92 Å². The Morgan fingerprint density at radius 2 is 1.88 bits per heavy atom. The molecule has 1 amide bonds. The molecule has 1 aromatic carbocycles. The summed E-state index contributed by atoms with van der Waals surface area (Å²) in [5, 5.41) is 7.92. The number of imidazole rings is 1. The fourth-order valence-corrected chi connectivity index (χ4v) is 4.94. The molecule has 1 N–H and O–H groups in total. The molecule has 5 aromatic rings. The van der Waals surface area contributed by atoms with Gasteiger partial charge in [0.05, 0.1) is 27.7 Å². The molecule has 0 aliphatic rings. The lowest BCUT2D eigenvalue weighted by Crippen LogP contribution is -2.21. The molecule has 0 atom stereocenters. The van der Waals surface area contributed by atoms with Crippen LogP contribution in [-0.4, -0.2) is 25.1 Å². The van der Waals surface area contributed by atoms with Gasteiger partial charge in [-0.15, -0.1) is 11.3 Å². The van der Waals surface area contributed by atoms with Crippen molar-refractivity contribution in [3.63, 3.8) is 0 Å². The van der Waals surface area contributed by atoms with E-state index in [2.05, 4.69) is 47.0 Å². The summed E-state index contributed by atoms with van der Waals surface area (Å²) in [5.74, 6) is 0.454. The third kappa shape index (κ3) is 4.94. The largest absolute Gasteiger partial charge is 0.347 e. The smallest absolute Gasteiger partial charge is 0.261 e. The number of nitrogens with one attached hydrogen (secondary N) is 1. The summed E-state index contributed by atoms with van der Waals surface area (Å²) < 4.78 is 4.00. The topological polar surface area (TPSA) is 64.2 Å². The average molecular weight is 470 g/mol. The number of pyridine rings is 1. The summed E-state index contributed by atoms with van der Waals surface area (Å²) in [4.78, 5) is 18.9. The number of aromatic nitrogens is 4. The van der Waals surface area contributed by atoms with Gasteiger partial charge in [-0.3, -0.25) is 9.48 Å². The van der Waals surface area contributed by atoms with Crippen molar-refractivity contribution in [1.29, 1.82) is 0 Å². The van der Waals surface area contributed by atoms with Crippen molar-refractivity contribution in [3.8, 4) is 10.6 Å². The van der Waals surface area contributed by atoms with Gasteiger partial charge in [-0.05, 0) is 53.8 Å². The lowest BCUT2D eigenvalue weighted by molar-refractivity contribution is 0.0955. The standard InChI is InChI=1S/C27H27N5OS/c1-19(2)14-22-16-23(32(30-22)18-20-6-4-3-5-7-20)24-8-9-25(34-24)27(33)29-17-21-10-12-31-13-11-28-26(31)15-21/h3-13,15-16,19H,14,17-18H2,1-2H3,(H,29,33). The summed E-state index contributed by atoms with van der Waals surface area (Å²) in [6, 6.07) is 20.4. The molecule has 4 heterocycles. The quantitative estimate of drug-likeness (QED) is 0.329. The number of carbonyl (C=O) groups is 1. The number of amides is 1. The first-order chi connectivity index (χ1) is 16.5. The van der Waals surface area contributed by atoms with Crippen LogP contribution in [-0.2, 0) is 19.5 Å². The van der Waals surface area contributed by atoms with E-state index in [-0.39, 0.29) is 5.91 Å². The van der Waals surface area contributed by atoms with Crippen molar-refractivity contribution in [2.45, 2.75) is 33.4 Å². The number of carbonyl (C=O) groups excluding carboxylic acids is 1. The number of benzene rings is 1. The van der Waals surface area contributed by atoms with Crippen molar-refractivity contribution in [2.75, 3.05) is 0 Å². The van der Waals surface area contributed by atoms with E-state index < -0.39 is 0 Å². The molecule has 0 unspecified atom stereocenters. The van der Waals surface area contributed by atoms with Crippen LogP contribution < -0.4 is 5.32 Å². The Bertz CT molecular complexity index is 1410. The number of hydrogen-bond acceptors (Lipinski definition) is 4. The van der Waals surface area contributed by atoms with Crippen molar-refractivity contribution < 1.29 is 4.79 Å². The minimum Gasteiger partial charge on any atom is -0.347 e. The summed E-state index contributed by atoms with van der Waals surface area (Å²) >= 11 is 1.50. The van der Waals surface area contributed by atoms with Gasteiger partial charge in [0, 0.05) is 25.1 Å². The minimum atomic E-state index is -0.0732. The Labute approximate surface area is 202 Å². The first-order valence-electron chi connectivity index (χ1n) is 11.5. The molecule has 4 aromatic heterocycles. The van der Waals surface area contributed by atoms with Gasteiger partial charge in [0.25, 0.3) is 5.91 Å². The third-order valence-corrected chi connectivity index (χ3v) is 6.73. The maximum Gasteiger partial charge on any atom is 0.261 e. The molecule has 172 valence electrons. The first kappa shape index (κ1) is 22.1. The highest BCUT2D eigenvalue weighted by molar-refractivity contribution is 7.17. The van der Waals surface area contributed by atoms with Crippen molar-refractivity contribution in [2.24, 2.45) is 5.92 Å². The lowest BCUT2D eigenvalue weighted by atomic mass is 10.1. The number of nitrogens with zero attached hydrogens (tertiary/aromatic N) is 4. The third-order valence-electron chi connectivity index (χ3n) is 5.62. The zero-order valence-corrected chi connectivity index (χ0v) is 20.1. The van der Waals surface area contributed by atoms with Crippen LogP contribution >= 0.6 is 11.3 Å². The molecule has 0 saturated carbocycles. The maximum atomic E-state index is 12.9. The Kier molecular flexibility index (Phi) is 6.27. The van der Waals surface area contributed by atoms with E-state index in [1.54, 1.807) is 6.20 Å². The highest BCUT2D eigenvalue weighted by Crippen LogP contribution is 2.30. The summed E-state index contributed by atoms with van der Waals surface area (Å²) in [7, 11) is 0. The molecule has 0 fully saturated rings. The van der Waals surface area contributed by atoms with E-state index in [1.165, 1.54) is 16.9 Å². The lowest BCUT2D eigenvalue weighted by Gasteiger charge is -2.06. The first-order valence-corrected chi connectivity index (χ1v) is 12.3. The van der Waals surface area contributed by atoms with Crippen LogP contribution in [0.1, 0.15) is 40.3 Å². The van der Waals surface area contributed by atoms with E-state index in [0.717, 1.165) is 33.9 Å². The summed E-state index contributed by atoms with van der Waals surface area (Å²) in [6.07, 6.45) is 6.55. The summed E-state index contributed by atoms with van der Waals surface area (Å²) in [5.41, 5.74) is 5.21. The zero-order chi connectivity index (χ0) is 23.5. The Balaban J connectivity index is 1.34. The Morgan fingerprint density at radius 3 is 2.71 bits per heavy atom. The van der Waals surface area contributed by atoms with Gasteiger partial charge in [-0.2, -0.15) is 5.10 Å². The molecular formula is C27H27N5OS. The predicted octanol–water partition coefficient (Wildman–Crippen LogP) is 5.44. The number of fused-ring (bicyclic) bond motifs is 1. The Hall–Kier alpha value is -3.71. The second-order valence-corrected chi connectivity index (χ2v) is 9.92. The van der Waals surface area contributed by atoms with Crippen LogP contribution in [0.5, 0.6) is 0 Å². The van der Waals surface area contributed by atoms with E-state index in [0.29, 0.717) is 23.9 Å². The molecule has 6 nitrogen and oxygen atoms in total. The Morgan fingerprint density at radius 1 is 1.03 bits per heavy atom. The van der Waals surface area contributed by atoms with Gasteiger partial charge < -0.3 is 9.72 Å². The fraction of sp³-hybridized carbons (Fsp3) is 0.222. The molecule has 0 radical (unpaired) electrons. The second-order valence-electron chi connectivity index (χ2n) is 8.84. The molecule has 0 spiro atoms. The SMILES string of the molecule is CC(C)Cc1cc(-c2ccc(C(=O)NCc3ccn4ccnc4c3)s2)n(Cc2ccccc2)n1. The molecular weight excluding hydrogens is 442 g/mol. The van der Waals surface area contributed by atoms with Gasteiger partial charge in [-0.1, -0.05) is 44.2 Å². The minimum absolute atomic E-state index is 0.0732. The van der Waals surface area contributed by atoms with Crippen molar-refractivity contribution in [1.82, 2.24) is 24.5 Å². The van der Waals surface area contributed by atoms with Crippen LogP contribution in [0.4, 0.5) is 0 Å². The van der Waals surface area contributed by atoms with E-state index in [9.17, 15) is 4.79 Å². The molecule has 0 aliphatic heterocycles. The van der Waals surface area contributed by atoms with E-state index in [1.807, 2.05) is 59.3 Å². The number of hydrogen-bond donors (Lipinski definition) is 1. The normalized spacial score (nSPS) is 11.4. The highest BCUT2D eigenvalue weighted by atomic mass is 32.1. The second kappa shape index (κ2) is 9.65.